The highest BCUT2D eigenvalue weighted by Crippen LogP contribution is 2.40. The molecule has 0 fully saturated rings. The van der Waals surface area contributed by atoms with Crippen molar-refractivity contribution >= 4 is 9.84 Å². The first kappa shape index (κ1) is 12.0. The molecular formula is C15H18O2S. The van der Waals surface area contributed by atoms with Gasteiger partial charge >= 0.3 is 0 Å². The number of allylic oxidation sites excluding steroid dienone is 1. The summed E-state index contributed by atoms with van der Waals surface area (Å²) >= 11 is 0. The largest absolute Gasteiger partial charge is 0.228 e. The van der Waals surface area contributed by atoms with E-state index in [1.165, 1.54) is 17.6 Å². The van der Waals surface area contributed by atoms with E-state index in [9.17, 15) is 8.42 Å². The van der Waals surface area contributed by atoms with Gasteiger partial charge in [-0.1, -0.05) is 41.5 Å². The van der Waals surface area contributed by atoms with Crippen molar-refractivity contribution in [1.29, 1.82) is 0 Å². The van der Waals surface area contributed by atoms with Crippen molar-refractivity contribution in [3.63, 3.8) is 0 Å². The van der Waals surface area contributed by atoms with Gasteiger partial charge in [-0.25, -0.2) is 8.42 Å². The molecule has 0 aromatic heterocycles. The van der Waals surface area contributed by atoms with E-state index in [0.29, 0.717) is 11.5 Å². The highest BCUT2D eigenvalue weighted by Gasteiger charge is 2.33. The molecule has 1 atom stereocenters. The minimum absolute atomic E-state index is 0.111. The molecule has 18 heavy (non-hydrogen) atoms. The summed E-state index contributed by atoms with van der Waals surface area (Å²) in [4.78, 5) is 0. The van der Waals surface area contributed by atoms with Gasteiger partial charge in [0.15, 0.2) is 9.84 Å². The van der Waals surface area contributed by atoms with Crippen molar-refractivity contribution in [2.24, 2.45) is 0 Å². The van der Waals surface area contributed by atoms with Crippen molar-refractivity contribution < 1.29 is 8.42 Å². The van der Waals surface area contributed by atoms with Crippen molar-refractivity contribution in [2.75, 3.05) is 11.5 Å². The summed E-state index contributed by atoms with van der Waals surface area (Å²) in [6, 6.07) is 10.1. The summed E-state index contributed by atoms with van der Waals surface area (Å²) in [5.74, 6) is 0.724. The molecular weight excluding hydrogens is 244 g/mol. The molecule has 3 rings (SSSR count). The number of rotatable bonds is 1. The van der Waals surface area contributed by atoms with Gasteiger partial charge in [0, 0.05) is 5.92 Å². The van der Waals surface area contributed by atoms with Crippen LogP contribution in [0.2, 0.25) is 0 Å². The first-order valence-electron chi connectivity index (χ1n) is 6.62. The maximum atomic E-state index is 12.1. The SMILES string of the molecule is O=S1(=O)CC2=C(CCCC2)C(c2ccccc2)C1. The van der Waals surface area contributed by atoms with Crippen LogP contribution in [0.4, 0.5) is 0 Å². The first-order chi connectivity index (χ1) is 8.66. The fraction of sp³-hybridized carbons (Fsp3) is 0.467. The van der Waals surface area contributed by atoms with E-state index >= 15 is 0 Å². The van der Waals surface area contributed by atoms with Crippen LogP contribution >= 0.6 is 0 Å². The van der Waals surface area contributed by atoms with E-state index in [4.69, 9.17) is 0 Å². The van der Waals surface area contributed by atoms with Gasteiger partial charge in [-0.15, -0.1) is 0 Å². The van der Waals surface area contributed by atoms with Crippen LogP contribution in [0.5, 0.6) is 0 Å². The highest BCUT2D eigenvalue weighted by molar-refractivity contribution is 7.91. The number of hydrogen-bond acceptors (Lipinski definition) is 2. The second-order valence-electron chi connectivity index (χ2n) is 5.35. The Morgan fingerprint density at radius 3 is 2.50 bits per heavy atom. The van der Waals surface area contributed by atoms with E-state index < -0.39 is 9.84 Å². The maximum Gasteiger partial charge on any atom is 0.155 e. The van der Waals surface area contributed by atoms with Gasteiger partial charge in [-0.3, -0.25) is 0 Å². The zero-order valence-electron chi connectivity index (χ0n) is 10.4. The van der Waals surface area contributed by atoms with Crippen molar-refractivity contribution in [3.05, 3.63) is 47.0 Å². The van der Waals surface area contributed by atoms with Crippen LogP contribution in [0.1, 0.15) is 37.2 Å². The van der Waals surface area contributed by atoms with Crippen LogP contribution in [0.3, 0.4) is 0 Å². The maximum absolute atomic E-state index is 12.1. The smallest absolute Gasteiger partial charge is 0.155 e. The van der Waals surface area contributed by atoms with Gasteiger partial charge in [0.1, 0.15) is 0 Å². The molecule has 2 nitrogen and oxygen atoms in total. The molecule has 2 aliphatic rings. The van der Waals surface area contributed by atoms with Crippen LogP contribution in [0, 0.1) is 0 Å². The summed E-state index contributed by atoms with van der Waals surface area (Å²) in [6.07, 6.45) is 4.43. The van der Waals surface area contributed by atoms with Crippen molar-refractivity contribution in [3.8, 4) is 0 Å². The van der Waals surface area contributed by atoms with Crippen LogP contribution in [-0.2, 0) is 9.84 Å². The number of benzene rings is 1. The standard InChI is InChI=1S/C15H18O2S/c16-18(17)10-13-8-4-5-9-14(13)15(11-18)12-6-2-1-3-7-12/h1-3,6-7,15H,4-5,8-11H2. The first-order valence-corrected chi connectivity index (χ1v) is 8.44. The van der Waals surface area contributed by atoms with Gasteiger partial charge in [0.05, 0.1) is 11.5 Å². The predicted octanol–water partition coefficient (Wildman–Crippen LogP) is 3.07. The third-order valence-electron chi connectivity index (χ3n) is 4.07. The van der Waals surface area contributed by atoms with Gasteiger partial charge in [0.25, 0.3) is 0 Å². The molecule has 0 amide bonds. The van der Waals surface area contributed by atoms with Crippen LogP contribution < -0.4 is 0 Å². The van der Waals surface area contributed by atoms with E-state index in [-0.39, 0.29) is 5.92 Å². The zero-order valence-corrected chi connectivity index (χ0v) is 11.2. The lowest BCUT2D eigenvalue weighted by Gasteiger charge is -2.32. The van der Waals surface area contributed by atoms with Gasteiger partial charge < -0.3 is 0 Å². The average molecular weight is 262 g/mol. The van der Waals surface area contributed by atoms with Crippen LogP contribution in [0.25, 0.3) is 0 Å². The number of sulfone groups is 1. The van der Waals surface area contributed by atoms with E-state index in [2.05, 4.69) is 12.1 Å². The molecule has 1 aromatic rings. The molecule has 1 aliphatic heterocycles. The third kappa shape index (κ3) is 2.24. The normalized spacial score (nSPS) is 26.8. The molecule has 3 heteroatoms. The Hall–Kier alpha value is -1.09. The quantitative estimate of drug-likeness (QED) is 0.729. The Morgan fingerprint density at radius 2 is 1.72 bits per heavy atom. The minimum Gasteiger partial charge on any atom is -0.228 e. The Morgan fingerprint density at radius 1 is 1.00 bits per heavy atom. The molecule has 0 radical (unpaired) electrons. The summed E-state index contributed by atoms with van der Waals surface area (Å²) in [6.45, 7) is 0. The fourth-order valence-electron chi connectivity index (χ4n) is 3.24. The fourth-order valence-corrected chi connectivity index (χ4v) is 5.12. The van der Waals surface area contributed by atoms with E-state index in [0.717, 1.165) is 24.8 Å². The van der Waals surface area contributed by atoms with Crippen molar-refractivity contribution in [2.45, 2.75) is 31.6 Å². The predicted molar refractivity (Wildman–Crippen MR) is 73.3 cm³/mol. The summed E-state index contributed by atoms with van der Waals surface area (Å²) in [5, 5.41) is 0. The van der Waals surface area contributed by atoms with Gasteiger partial charge in [-0.05, 0) is 31.2 Å². The molecule has 0 spiro atoms. The molecule has 1 aliphatic carbocycles. The van der Waals surface area contributed by atoms with Gasteiger partial charge in [0.2, 0.25) is 0 Å². The lowest BCUT2D eigenvalue weighted by Crippen LogP contribution is -2.28. The average Bonchev–Trinajstić information content (AvgIpc) is 2.38. The molecule has 1 unspecified atom stereocenters. The van der Waals surface area contributed by atoms with E-state index in [1.807, 2.05) is 18.2 Å². The summed E-state index contributed by atoms with van der Waals surface area (Å²) in [7, 11) is -2.91. The minimum atomic E-state index is -2.91. The highest BCUT2D eigenvalue weighted by atomic mass is 32.2. The number of hydrogen-bond donors (Lipinski definition) is 0. The Balaban J connectivity index is 2.06. The molecule has 0 bridgehead atoms. The zero-order chi connectivity index (χ0) is 12.6. The lowest BCUT2D eigenvalue weighted by atomic mass is 9.81. The summed E-state index contributed by atoms with van der Waals surface area (Å²) < 4.78 is 24.1. The second-order valence-corrected chi connectivity index (χ2v) is 7.46. The molecule has 0 saturated heterocycles. The lowest BCUT2D eigenvalue weighted by molar-refractivity contribution is 0.570. The Bertz CT molecular complexity index is 570. The summed E-state index contributed by atoms with van der Waals surface area (Å²) in [5.41, 5.74) is 3.79. The molecule has 0 N–H and O–H groups in total. The second kappa shape index (κ2) is 4.54. The van der Waals surface area contributed by atoms with Crippen LogP contribution in [-0.4, -0.2) is 19.9 Å². The van der Waals surface area contributed by atoms with E-state index in [1.54, 1.807) is 0 Å². The Labute approximate surface area is 109 Å². The molecule has 1 heterocycles. The van der Waals surface area contributed by atoms with Crippen molar-refractivity contribution in [1.82, 2.24) is 0 Å². The topological polar surface area (TPSA) is 34.1 Å². The van der Waals surface area contributed by atoms with Gasteiger partial charge in [-0.2, -0.15) is 0 Å². The monoisotopic (exact) mass is 262 g/mol. The molecule has 0 saturated carbocycles. The molecule has 96 valence electrons. The van der Waals surface area contributed by atoms with Crippen LogP contribution in [0.15, 0.2) is 41.5 Å². The Kier molecular flexibility index (Phi) is 3.02. The molecule has 1 aromatic carbocycles. The third-order valence-corrected chi connectivity index (χ3v) is 5.70.